The van der Waals surface area contributed by atoms with Crippen LogP contribution in [0.1, 0.15) is 57.6 Å². The van der Waals surface area contributed by atoms with Crippen LogP contribution < -0.4 is 26.4 Å². The number of aryl methyl sites for hydroxylation is 1. The summed E-state index contributed by atoms with van der Waals surface area (Å²) in [4.78, 5) is 40.8. The smallest absolute Gasteiger partial charge is 0.273 e. The maximum atomic E-state index is 14.1. The van der Waals surface area contributed by atoms with Crippen molar-refractivity contribution in [2.75, 3.05) is 24.3 Å². The van der Waals surface area contributed by atoms with E-state index in [1.807, 2.05) is 31.2 Å². The van der Waals surface area contributed by atoms with Crippen molar-refractivity contribution in [2.45, 2.75) is 33.2 Å². The van der Waals surface area contributed by atoms with Gasteiger partial charge in [0, 0.05) is 6.54 Å². The number of aromatic nitrogens is 1. The number of nitrogen functional groups attached to an aromatic ring is 1. The molecule has 0 saturated heterocycles. The summed E-state index contributed by atoms with van der Waals surface area (Å²) in [7, 11) is 1.48. The van der Waals surface area contributed by atoms with Gasteiger partial charge in [0.1, 0.15) is 16.7 Å². The fraction of sp³-hybridized carbons (Fsp3) is 0.308. The molecule has 3 aromatic rings. The summed E-state index contributed by atoms with van der Waals surface area (Å²) in [5, 5.41) is 2.97. The lowest BCUT2D eigenvalue weighted by molar-refractivity contribution is -0.122. The Kier molecular flexibility index (Phi) is 8.65. The van der Waals surface area contributed by atoms with Crippen molar-refractivity contribution in [3.05, 3.63) is 70.2 Å². The topological polar surface area (TPSA) is 141 Å². The van der Waals surface area contributed by atoms with Crippen molar-refractivity contribution in [2.24, 2.45) is 11.7 Å². The van der Waals surface area contributed by atoms with Crippen LogP contribution in [0.25, 0.3) is 0 Å². The average molecular weight is 510 g/mol. The van der Waals surface area contributed by atoms with Gasteiger partial charge in [0.05, 0.1) is 18.5 Å². The number of primary amides is 1. The highest BCUT2D eigenvalue weighted by atomic mass is 32.1. The van der Waals surface area contributed by atoms with Gasteiger partial charge in [0.25, 0.3) is 11.8 Å². The van der Waals surface area contributed by atoms with Crippen LogP contribution in [0.4, 0.5) is 11.4 Å². The Labute approximate surface area is 214 Å². The molecule has 0 aliphatic heterocycles. The number of carbonyl (C=O) groups excluding carboxylic acids is 3. The van der Waals surface area contributed by atoms with E-state index in [0.717, 1.165) is 23.5 Å². The molecule has 0 saturated carbocycles. The standard InChI is InChI=1S/C26H31N5O4S/c1-15(2)13-14-29-25(33)22(17-11-9-16(3)10-12-17)31(18-7-5-6-8-19(18)35-4)26(34)23-20(27)21(24(28)32)30-36-23/h5-12,15,22H,13-14,27H2,1-4H3,(H2,28,32)(H,29,33)/t22-/m0/s1. The van der Waals surface area contributed by atoms with E-state index in [1.165, 1.54) is 12.0 Å². The van der Waals surface area contributed by atoms with Crippen LogP contribution in [0.5, 0.6) is 5.75 Å². The number of rotatable bonds is 10. The van der Waals surface area contributed by atoms with E-state index in [4.69, 9.17) is 16.2 Å². The van der Waals surface area contributed by atoms with Gasteiger partial charge in [-0.05, 0) is 48.5 Å². The molecular formula is C26H31N5O4S. The van der Waals surface area contributed by atoms with Gasteiger partial charge in [0.15, 0.2) is 5.69 Å². The maximum absolute atomic E-state index is 14.1. The molecule has 10 heteroatoms. The van der Waals surface area contributed by atoms with E-state index >= 15 is 0 Å². The number of hydrogen-bond donors (Lipinski definition) is 3. The Bertz CT molecular complexity index is 1240. The number of methoxy groups -OCH3 is 1. The highest BCUT2D eigenvalue weighted by molar-refractivity contribution is 7.09. The molecule has 36 heavy (non-hydrogen) atoms. The molecule has 9 nitrogen and oxygen atoms in total. The number of ether oxygens (including phenoxy) is 1. The van der Waals surface area contributed by atoms with E-state index in [-0.39, 0.29) is 22.2 Å². The predicted molar refractivity (Wildman–Crippen MR) is 141 cm³/mol. The van der Waals surface area contributed by atoms with Crippen LogP contribution in [0.15, 0.2) is 48.5 Å². The highest BCUT2D eigenvalue weighted by Crippen LogP contribution is 2.38. The molecule has 0 bridgehead atoms. The van der Waals surface area contributed by atoms with E-state index < -0.39 is 17.9 Å². The number of nitrogens with two attached hydrogens (primary N) is 2. The molecule has 0 radical (unpaired) electrons. The monoisotopic (exact) mass is 509 g/mol. The second kappa shape index (κ2) is 11.7. The number of amides is 3. The summed E-state index contributed by atoms with van der Waals surface area (Å²) < 4.78 is 9.52. The third-order valence-electron chi connectivity index (χ3n) is 5.64. The van der Waals surface area contributed by atoms with Gasteiger partial charge in [-0.3, -0.25) is 19.3 Å². The third-order valence-corrected chi connectivity index (χ3v) is 6.49. The largest absolute Gasteiger partial charge is 0.495 e. The molecule has 0 aliphatic carbocycles. The van der Waals surface area contributed by atoms with E-state index in [0.29, 0.717) is 29.5 Å². The first-order valence-electron chi connectivity index (χ1n) is 11.5. The lowest BCUT2D eigenvalue weighted by Gasteiger charge is -2.32. The zero-order valence-corrected chi connectivity index (χ0v) is 21.6. The summed E-state index contributed by atoms with van der Waals surface area (Å²) in [6.07, 6.45) is 0.777. The Morgan fingerprint density at radius 1 is 1.11 bits per heavy atom. The zero-order chi connectivity index (χ0) is 26.4. The molecule has 1 atom stereocenters. The molecule has 3 amide bonds. The maximum Gasteiger partial charge on any atom is 0.273 e. The summed E-state index contributed by atoms with van der Waals surface area (Å²) in [6, 6.07) is 13.2. The molecule has 5 N–H and O–H groups in total. The van der Waals surface area contributed by atoms with Gasteiger partial charge >= 0.3 is 0 Å². The minimum Gasteiger partial charge on any atom is -0.495 e. The molecule has 1 aromatic heterocycles. The first-order chi connectivity index (χ1) is 17.1. The van der Waals surface area contributed by atoms with Crippen molar-refractivity contribution in [3.8, 4) is 5.75 Å². The molecule has 0 aliphatic rings. The van der Waals surface area contributed by atoms with E-state index in [1.54, 1.807) is 24.3 Å². The second-order valence-corrected chi connectivity index (χ2v) is 9.55. The van der Waals surface area contributed by atoms with Crippen molar-refractivity contribution in [1.29, 1.82) is 0 Å². The van der Waals surface area contributed by atoms with Gasteiger partial charge in [-0.2, -0.15) is 4.37 Å². The summed E-state index contributed by atoms with van der Waals surface area (Å²) in [5.41, 5.74) is 13.1. The fourth-order valence-corrected chi connectivity index (χ4v) is 4.42. The molecule has 0 spiro atoms. The highest BCUT2D eigenvalue weighted by Gasteiger charge is 2.37. The van der Waals surface area contributed by atoms with Crippen molar-refractivity contribution < 1.29 is 19.1 Å². The SMILES string of the molecule is COc1ccccc1N(C(=O)c1snc(C(N)=O)c1N)[C@H](C(=O)NCCC(C)C)c1ccc(C)cc1. The molecule has 3 rings (SSSR count). The first kappa shape index (κ1) is 26.7. The van der Waals surface area contributed by atoms with Crippen LogP contribution in [0, 0.1) is 12.8 Å². The van der Waals surface area contributed by atoms with Crippen molar-refractivity contribution >= 4 is 40.6 Å². The van der Waals surface area contributed by atoms with E-state index in [2.05, 4.69) is 23.5 Å². The number of carbonyl (C=O) groups is 3. The molecule has 1 heterocycles. The van der Waals surface area contributed by atoms with Gasteiger partial charge in [0.2, 0.25) is 5.91 Å². The quantitative estimate of drug-likeness (QED) is 0.381. The van der Waals surface area contributed by atoms with Crippen LogP contribution in [-0.4, -0.2) is 35.7 Å². The lowest BCUT2D eigenvalue weighted by Crippen LogP contribution is -2.44. The van der Waals surface area contributed by atoms with Crippen LogP contribution >= 0.6 is 11.5 Å². The number of anilines is 2. The van der Waals surface area contributed by atoms with Crippen molar-refractivity contribution in [3.63, 3.8) is 0 Å². The minimum atomic E-state index is -1.06. The Morgan fingerprint density at radius 2 is 1.78 bits per heavy atom. The molecule has 0 unspecified atom stereocenters. The molecule has 2 aromatic carbocycles. The third kappa shape index (κ3) is 5.83. The Balaban J connectivity index is 2.20. The van der Waals surface area contributed by atoms with Gasteiger partial charge in [-0.25, -0.2) is 0 Å². The summed E-state index contributed by atoms with van der Waals surface area (Å²) >= 11 is 0.758. The molecule has 0 fully saturated rings. The van der Waals surface area contributed by atoms with Gasteiger partial charge in [-0.15, -0.1) is 0 Å². The van der Waals surface area contributed by atoms with Crippen LogP contribution in [0.2, 0.25) is 0 Å². The van der Waals surface area contributed by atoms with E-state index in [9.17, 15) is 14.4 Å². The normalized spacial score (nSPS) is 11.7. The van der Waals surface area contributed by atoms with Crippen LogP contribution in [0.3, 0.4) is 0 Å². The lowest BCUT2D eigenvalue weighted by atomic mass is 10.0. The average Bonchev–Trinajstić information content (AvgIpc) is 3.24. The molecular weight excluding hydrogens is 478 g/mol. The Hall–Kier alpha value is -3.92. The number of hydrogen-bond acceptors (Lipinski definition) is 7. The summed E-state index contributed by atoms with van der Waals surface area (Å²) in [6.45, 7) is 6.52. The van der Waals surface area contributed by atoms with Crippen LogP contribution in [-0.2, 0) is 4.79 Å². The summed E-state index contributed by atoms with van der Waals surface area (Å²) in [5.74, 6) is -1.04. The van der Waals surface area contributed by atoms with Gasteiger partial charge < -0.3 is 21.5 Å². The fourth-order valence-electron chi connectivity index (χ4n) is 3.68. The molecule has 190 valence electrons. The minimum absolute atomic E-state index is 0.00167. The number of nitrogens with one attached hydrogen (secondary N) is 1. The van der Waals surface area contributed by atoms with Gasteiger partial charge in [-0.1, -0.05) is 55.8 Å². The van der Waals surface area contributed by atoms with Crippen molar-refractivity contribution in [1.82, 2.24) is 9.69 Å². The zero-order valence-electron chi connectivity index (χ0n) is 20.8. The second-order valence-electron chi connectivity index (χ2n) is 8.77. The Morgan fingerprint density at radius 3 is 2.36 bits per heavy atom. The first-order valence-corrected chi connectivity index (χ1v) is 12.3. The predicted octanol–water partition coefficient (Wildman–Crippen LogP) is 3.69. The number of para-hydroxylation sites is 2. The number of benzene rings is 2. The number of nitrogens with zero attached hydrogens (tertiary/aromatic N) is 2.